The van der Waals surface area contributed by atoms with Crippen LogP contribution in [0, 0.1) is 11.8 Å². The second-order valence-corrected chi connectivity index (χ2v) is 10.3. The minimum atomic E-state index is -0.00642. The van der Waals surface area contributed by atoms with Gasteiger partial charge in [-0.1, -0.05) is 19.3 Å². The van der Waals surface area contributed by atoms with E-state index in [9.17, 15) is 9.59 Å². The molecule has 5 fully saturated rings. The first-order valence-electron chi connectivity index (χ1n) is 12.6. The summed E-state index contributed by atoms with van der Waals surface area (Å²) in [5, 5.41) is 0. The number of nitrogens with zero attached hydrogens (tertiary/aromatic N) is 3. The summed E-state index contributed by atoms with van der Waals surface area (Å²) in [7, 11) is 0. The second kappa shape index (κ2) is 9.15. The molecule has 1 aliphatic carbocycles. The molecular weight excluding hydrogens is 378 g/mol. The largest absolute Gasteiger partial charge is 0.376 e. The van der Waals surface area contributed by atoms with Crippen LogP contribution in [0.1, 0.15) is 70.6 Å². The standard InChI is InChI=1S/C24H39N3O3/c28-22(25-10-4-5-11-25)14-18-16-27(19-8-2-1-3-9-19)20-17-30-21(24(18)20)15-23(29)26-12-6-7-13-26/h18-21,24H,1-17H2/t18-,20-,21+,24-/m1/s1. The zero-order valence-corrected chi connectivity index (χ0v) is 18.5. The van der Waals surface area contributed by atoms with Gasteiger partial charge in [-0.3, -0.25) is 14.5 Å². The van der Waals surface area contributed by atoms with Gasteiger partial charge in [0.1, 0.15) is 0 Å². The highest BCUT2D eigenvalue weighted by atomic mass is 16.5. The number of hydrogen-bond acceptors (Lipinski definition) is 4. The van der Waals surface area contributed by atoms with E-state index in [2.05, 4.69) is 9.80 Å². The van der Waals surface area contributed by atoms with Gasteiger partial charge in [0.2, 0.25) is 11.8 Å². The lowest BCUT2D eigenvalue weighted by Crippen LogP contribution is -2.42. The molecule has 0 bridgehead atoms. The van der Waals surface area contributed by atoms with Crippen molar-refractivity contribution >= 4 is 11.8 Å². The third-order valence-corrected chi connectivity index (χ3v) is 8.54. The number of fused-ring (bicyclic) bond motifs is 1. The Balaban J connectivity index is 1.29. The molecule has 6 heteroatoms. The van der Waals surface area contributed by atoms with Gasteiger partial charge in [-0.05, 0) is 44.4 Å². The molecule has 4 aliphatic heterocycles. The van der Waals surface area contributed by atoms with E-state index in [0.29, 0.717) is 42.7 Å². The van der Waals surface area contributed by atoms with E-state index in [-0.39, 0.29) is 12.0 Å². The summed E-state index contributed by atoms with van der Waals surface area (Å²) >= 11 is 0. The molecule has 0 N–H and O–H groups in total. The van der Waals surface area contributed by atoms with E-state index in [1.54, 1.807) is 0 Å². The molecule has 0 spiro atoms. The number of ether oxygens (including phenoxy) is 1. The van der Waals surface area contributed by atoms with Crippen LogP contribution in [-0.2, 0) is 14.3 Å². The lowest BCUT2D eigenvalue weighted by molar-refractivity contribution is -0.133. The second-order valence-electron chi connectivity index (χ2n) is 10.3. The van der Waals surface area contributed by atoms with E-state index < -0.39 is 0 Å². The van der Waals surface area contributed by atoms with E-state index in [4.69, 9.17) is 4.74 Å². The van der Waals surface area contributed by atoms with Crippen LogP contribution in [0.5, 0.6) is 0 Å². The van der Waals surface area contributed by atoms with Gasteiger partial charge in [-0.25, -0.2) is 0 Å². The smallest absolute Gasteiger partial charge is 0.225 e. The molecule has 0 aromatic heterocycles. The minimum Gasteiger partial charge on any atom is -0.376 e. The Morgan fingerprint density at radius 2 is 1.37 bits per heavy atom. The average Bonchev–Trinajstić information content (AvgIpc) is 3.55. The van der Waals surface area contributed by atoms with Crippen molar-refractivity contribution in [1.29, 1.82) is 0 Å². The molecule has 5 rings (SSSR count). The number of rotatable bonds is 5. The molecule has 30 heavy (non-hydrogen) atoms. The number of amides is 2. The number of hydrogen-bond donors (Lipinski definition) is 0. The van der Waals surface area contributed by atoms with Crippen molar-refractivity contribution in [3.05, 3.63) is 0 Å². The predicted molar refractivity (Wildman–Crippen MR) is 115 cm³/mol. The van der Waals surface area contributed by atoms with Crippen LogP contribution in [-0.4, -0.2) is 84.0 Å². The lowest BCUT2D eigenvalue weighted by atomic mass is 9.84. The van der Waals surface area contributed by atoms with Crippen LogP contribution >= 0.6 is 0 Å². The summed E-state index contributed by atoms with van der Waals surface area (Å²) in [6.07, 6.45) is 12.3. The van der Waals surface area contributed by atoms with E-state index in [1.807, 2.05) is 4.90 Å². The molecule has 6 nitrogen and oxygen atoms in total. The van der Waals surface area contributed by atoms with Gasteiger partial charge in [-0.15, -0.1) is 0 Å². The van der Waals surface area contributed by atoms with Gasteiger partial charge in [0.25, 0.3) is 0 Å². The van der Waals surface area contributed by atoms with Crippen molar-refractivity contribution in [3.63, 3.8) is 0 Å². The third-order valence-electron chi connectivity index (χ3n) is 8.54. The van der Waals surface area contributed by atoms with Gasteiger partial charge >= 0.3 is 0 Å². The monoisotopic (exact) mass is 417 g/mol. The molecule has 0 radical (unpaired) electrons. The van der Waals surface area contributed by atoms with Crippen molar-refractivity contribution in [2.75, 3.05) is 39.3 Å². The number of carbonyl (C=O) groups is 2. The maximum absolute atomic E-state index is 13.0. The summed E-state index contributed by atoms with van der Waals surface area (Å²) < 4.78 is 6.29. The summed E-state index contributed by atoms with van der Waals surface area (Å²) in [5.41, 5.74) is 0. The van der Waals surface area contributed by atoms with Crippen LogP contribution in [0.4, 0.5) is 0 Å². The van der Waals surface area contributed by atoms with Crippen LogP contribution in [0.25, 0.3) is 0 Å². The number of likely N-dealkylation sites (tertiary alicyclic amines) is 3. The first-order chi connectivity index (χ1) is 14.7. The molecule has 2 amide bonds. The third kappa shape index (κ3) is 4.14. The van der Waals surface area contributed by atoms with Gasteiger partial charge < -0.3 is 14.5 Å². The average molecular weight is 418 g/mol. The Labute approximate surface area is 181 Å². The zero-order chi connectivity index (χ0) is 20.5. The van der Waals surface area contributed by atoms with Crippen molar-refractivity contribution in [1.82, 2.24) is 14.7 Å². The van der Waals surface area contributed by atoms with E-state index in [0.717, 1.165) is 65.0 Å². The Kier molecular flexibility index (Phi) is 6.33. The Bertz CT molecular complexity index is 623. The topological polar surface area (TPSA) is 53.1 Å². The fourth-order valence-electron chi connectivity index (χ4n) is 6.97. The maximum Gasteiger partial charge on any atom is 0.225 e. The van der Waals surface area contributed by atoms with Gasteiger partial charge in [0.05, 0.1) is 19.1 Å². The SMILES string of the molecule is O=C(C[C@@H]1CN(C2CCCCC2)[C@@H]2CO[C@@H](CC(=O)N3CCCC3)[C@H]12)N1CCCC1. The zero-order valence-electron chi connectivity index (χ0n) is 18.5. The molecule has 168 valence electrons. The maximum atomic E-state index is 13.0. The van der Waals surface area contributed by atoms with Crippen LogP contribution < -0.4 is 0 Å². The first-order valence-corrected chi connectivity index (χ1v) is 12.6. The first kappa shape index (κ1) is 20.7. The van der Waals surface area contributed by atoms with Crippen molar-refractivity contribution in [2.24, 2.45) is 11.8 Å². The fraction of sp³-hybridized carbons (Fsp3) is 0.917. The molecule has 0 aromatic rings. The van der Waals surface area contributed by atoms with E-state index >= 15 is 0 Å². The summed E-state index contributed by atoms with van der Waals surface area (Å²) in [6.45, 7) is 5.44. The molecule has 5 aliphatic rings. The van der Waals surface area contributed by atoms with Crippen molar-refractivity contribution < 1.29 is 14.3 Å². The fourth-order valence-corrected chi connectivity index (χ4v) is 6.97. The molecular formula is C24H39N3O3. The number of carbonyl (C=O) groups excluding carboxylic acids is 2. The Hall–Kier alpha value is -1.14. The summed E-state index contributed by atoms with van der Waals surface area (Å²) in [4.78, 5) is 32.7. The quantitative estimate of drug-likeness (QED) is 0.690. The lowest BCUT2D eigenvalue weighted by Gasteiger charge is -2.34. The van der Waals surface area contributed by atoms with E-state index in [1.165, 1.54) is 32.1 Å². The summed E-state index contributed by atoms with van der Waals surface area (Å²) in [5.74, 6) is 1.27. The van der Waals surface area contributed by atoms with Crippen LogP contribution in [0.15, 0.2) is 0 Å². The van der Waals surface area contributed by atoms with Crippen LogP contribution in [0.3, 0.4) is 0 Å². The van der Waals surface area contributed by atoms with Crippen LogP contribution in [0.2, 0.25) is 0 Å². The molecule has 4 heterocycles. The highest BCUT2D eigenvalue weighted by Crippen LogP contribution is 2.44. The van der Waals surface area contributed by atoms with Crippen molar-refractivity contribution in [2.45, 2.75) is 88.8 Å². The van der Waals surface area contributed by atoms with Gasteiger partial charge in [0, 0.05) is 57.1 Å². The highest BCUT2D eigenvalue weighted by molar-refractivity contribution is 5.78. The molecule has 0 unspecified atom stereocenters. The van der Waals surface area contributed by atoms with Crippen molar-refractivity contribution in [3.8, 4) is 0 Å². The van der Waals surface area contributed by atoms with Gasteiger partial charge in [-0.2, -0.15) is 0 Å². The molecule has 4 saturated heterocycles. The highest BCUT2D eigenvalue weighted by Gasteiger charge is 2.53. The Morgan fingerprint density at radius 3 is 2.00 bits per heavy atom. The Morgan fingerprint density at radius 1 is 0.767 bits per heavy atom. The summed E-state index contributed by atoms with van der Waals surface area (Å²) in [6, 6.07) is 1.05. The predicted octanol–water partition coefficient (Wildman–Crippen LogP) is 2.66. The molecule has 0 aromatic carbocycles. The molecule has 4 atom stereocenters. The minimum absolute atomic E-state index is 0.00642. The molecule has 1 saturated carbocycles. The van der Waals surface area contributed by atoms with Gasteiger partial charge in [0.15, 0.2) is 0 Å². The normalized spacial score (nSPS) is 35.3.